The molecule has 2 rings (SSSR count). The summed E-state index contributed by atoms with van der Waals surface area (Å²) in [6.07, 6.45) is 5.36. The van der Waals surface area contributed by atoms with Crippen LogP contribution in [0.1, 0.15) is 49.5 Å². The Morgan fingerprint density at radius 3 is 2.94 bits per heavy atom. The first-order valence-corrected chi connectivity index (χ1v) is 5.63. The van der Waals surface area contributed by atoms with E-state index >= 15 is 0 Å². The van der Waals surface area contributed by atoms with Gasteiger partial charge in [0, 0.05) is 12.0 Å². The molecule has 0 aliphatic heterocycles. The van der Waals surface area contributed by atoms with Crippen molar-refractivity contribution in [3.63, 3.8) is 0 Å². The van der Waals surface area contributed by atoms with Crippen molar-refractivity contribution in [2.24, 2.45) is 5.73 Å². The summed E-state index contributed by atoms with van der Waals surface area (Å²) in [5.41, 5.74) is 5.84. The van der Waals surface area contributed by atoms with Gasteiger partial charge >= 0.3 is 6.09 Å². The molecule has 88 valence electrons. The molecule has 0 spiro atoms. The SMILES string of the molecule is NC(=O)OCc1cc(C2CCCCC2)no1. The summed E-state index contributed by atoms with van der Waals surface area (Å²) in [7, 11) is 0. The van der Waals surface area contributed by atoms with E-state index in [4.69, 9.17) is 10.3 Å². The molecule has 1 aromatic heterocycles. The molecule has 0 saturated heterocycles. The van der Waals surface area contributed by atoms with E-state index in [1.165, 1.54) is 32.1 Å². The Bertz CT molecular complexity index is 356. The molecule has 1 saturated carbocycles. The lowest BCUT2D eigenvalue weighted by Crippen LogP contribution is -2.12. The van der Waals surface area contributed by atoms with E-state index in [-0.39, 0.29) is 6.61 Å². The molecule has 1 aliphatic carbocycles. The fourth-order valence-corrected chi connectivity index (χ4v) is 2.13. The first kappa shape index (κ1) is 11.0. The normalized spacial score (nSPS) is 17.2. The number of nitrogens with zero attached hydrogens (tertiary/aromatic N) is 1. The van der Waals surface area contributed by atoms with E-state index in [0.29, 0.717) is 11.7 Å². The molecule has 1 aliphatic rings. The van der Waals surface area contributed by atoms with E-state index in [1.54, 1.807) is 0 Å². The zero-order valence-electron chi connectivity index (χ0n) is 9.15. The first-order valence-electron chi connectivity index (χ1n) is 5.63. The van der Waals surface area contributed by atoms with Crippen molar-refractivity contribution in [1.29, 1.82) is 0 Å². The lowest BCUT2D eigenvalue weighted by Gasteiger charge is -2.18. The second-order valence-corrected chi connectivity index (χ2v) is 4.16. The number of carbonyl (C=O) groups excluding carboxylic acids is 1. The molecule has 1 amide bonds. The van der Waals surface area contributed by atoms with Crippen LogP contribution < -0.4 is 5.73 Å². The van der Waals surface area contributed by atoms with Crippen molar-refractivity contribution in [3.8, 4) is 0 Å². The van der Waals surface area contributed by atoms with Gasteiger partial charge in [-0.2, -0.15) is 0 Å². The zero-order valence-corrected chi connectivity index (χ0v) is 9.15. The zero-order chi connectivity index (χ0) is 11.4. The first-order chi connectivity index (χ1) is 7.75. The van der Waals surface area contributed by atoms with E-state index < -0.39 is 6.09 Å². The van der Waals surface area contributed by atoms with Crippen LogP contribution in [0.2, 0.25) is 0 Å². The Labute approximate surface area is 93.9 Å². The van der Waals surface area contributed by atoms with Crippen LogP contribution in [0.25, 0.3) is 0 Å². The Morgan fingerprint density at radius 1 is 1.50 bits per heavy atom. The highest BCUT2D eigenvalue weighted by Crippen LogP contribution is 2.32. The number of ether oxygens (including phenoxy) is 1. The summed E-state index contributed by atoms with van der Waals surface area (Å²) in [5.74, 6) is 1.05. The molecule has 0 bridgehead atoms. The average molecular weight is 224 g/mol. The van der Waals surface area contributed by atoms with Crippen LogP contribution in [0.3, 0.4) is 0 Å². The number of hydrogen-bond donors (Lipinski definition) is 1. The van der Waals surface area contributed by atoms with Gasteiger partial charge in [-0.05, 0) is 12.8 Å². The van der Waals surface area contributed by atoms with Gasteiger partial charge < -0.3 is 15.0 Å². The summed E-state index contributed by atoms with van der Waals surface area (Å²) >= 11 is 0. The Morgan fingerprint density at radius 2 is 2.25 bits per heavy atom. The maximum atomic E-state index is 10.4. The van der Waals surface area contributed by atoms with Gasteiger partial charge in [0.15, 0.2) is 12.4 Å². The second kappa shape index (κ2) is 5.01. The Balaban J connectivity index is 1.93. The topological polar surface area (TPSA) is 78.4 Å². The fraction of sp³-hybridized carbons (Fsp3) is 0.636. The van der Waals surface area contributed by atoms with Crippen molar-refractivity contribution < 1.29 is 14.1 Å². The molecule has 1 fully saturated rings. The second-order valence-electron chi connectivity index (χ2n) is 4.16. The van der Waals surface area contributed by atoms with Crippen molar-refractivity contribution >= 4 is 6.09 Å². The van der Waals surface area contributed by atoms with Crippen LogP contribution in [-0.2, 0) is 11.3 Å². The predicted molar refractivity (Wildman–Crippen MR) is 56.7 cm³/mol. The molecule has 1 heterocycles. The number of rotatable bonds is 3. The van der Waals surface area contributed by atoms with E-state index in [2.05, 4.69) is 9.89 Å². The minimum absolute atomic E-state index is 0.0645. The van der Waals surface area contributed by atoms with Crippen molar-refractivity contribution in [2.75, 3.05) is 0 Å². The standard InChI is InChI=1S/C11H16N2O3/c12-11(14)15-7-9-6-10(13-16-9)8-4-2-1-3-5-8/h6,8H,1-5,7H2,(H2,12,14). The minimum Gasteiger partial charge on any atom is -0.441 e. The molecule has 0 unspecified atom stereocenters. The van der Waals surface area contributed by atoms with Crippen LogP contribution in [0.4, 0.5) is 4.79 Å². The van der Waals surface area contributed by atoms with Crippen LogP contribution in [0.5, 0.6) is 0 Å². The number of amides is 1. The van der Waals surface area contributed by atoms with Gasteiger partial charge in [0.25, 0.3) is 0 Å². The summed E-state index contributed by atoms with van der Waals surface area (Å²) in [6.45, 7) is 0.0645. The summed E-state index contributed by atoms with van der Waals surface area (Å²) in [6, 6.07) is 1.86. The molecule has 2 N–H and O–H groups in total. The Kier molecular flexibility index (Phi) is 3.44. The highest BCUT2D eigenvalue weighted by molar-refractivity contribution is 5.64. The molecule has 0 radical (unpaired) electrons. The van der Waals surface area contributed by atoms with Crippen molar-refractivity contribution in [1.82, 2.24) is 5.16 Å². The minimum atomic E-state index is -0.796. The molecule has 5 nitrogen and oxygen atoms in total. The molecule has 1 aromatic rings. The lowest BCUT2D eigenvalue weighted by atomic mass is 9.87. The van der Waals surface area contributed by atoms with Gasteiger partial charge in [-0.3, -0.25) is 0 Å². The van der Waals surface area contributed by atoms with E-state index in [1.807, 2.05) is 6.07 Å². The summed E-state index contributed by atoms with van der Waals surface area (Å²) < 4.78 is 9.72. The van der Waals surface area contributed by atoms with Gasteiger partial charge in [0.1, 0.15) is 0 Å². The van der Waals surface area contributed by atoms with Gasteiger partial charge in [-0.15, -0.1) is 0 Å². The highest BCUT2D eigenvalue weighted by atomic mass is 16.6. The van der Waals surface area contributed by atoms with E-state index in [0.717, 1.165) is 5.69 Å². The number of primary amides is 1. The molecule has 0 aromatic carbocycles. The highest BCUT2D eigenvalue weighted by Gasteiger charge is 2.19. The van der Waals surface area contributed by atoms with Gasteiger partial charge in [0.2, 0.25) is 0 Å². The van der Waals surface area contributed by atoms with Crippen molar-refractivity contribution in [3.05, 3.63) is 17.5 Å². The number of aromatic nitrogens is 1. The van der Waals surface area contributed by atoms with Crippen LogP contribution in [0.15, 0.2) is 10.6 Å². The fourth-order valence-electron chi connectivity index (χ4n) is 2.13. The third kappa shape index (κ3) is 2.74. The van der Waals surface area contributed by atoms with E-state index in [9.17, 15) is 4.79 Å². The van der Waals surface area contributed by atoms with Gasteiger partial charge in [-0.1, -0.05) is 24.4 Å². The molecule has 0 atom stereocenters. The number of nitrogens with two attached hydrogens (primary N) is 1. The maximum absolute atomic E-state index is 10.4. The monoisotopic (exact) mass is 224 g/mol. The van der Waals surface area contributed by atoms with Crippen LogP contribution in [0, 0.1) is 0 Å². The van der Waals surface area contributed by atoms with Gasteiger partial charge in [0.05, 0.1) is 5.69 Å². The quantitative estimate of drug-likeness (QED) is 0.854. The average Bonchev–Trinajstić information content (AvgIpc) is 2.76. The number of hydrogen-bond acceptors (Lipinski definition) is 4. The van der Waals surface area contributed by atoms with Crippen LogP contribution >= 0.6 is 0 Å². The largest absolute Gasteiger partial charge is 0.441 e. The lowest BCUT2D eigenvalue weighted by molar-refractivity contribution is 0.137. The van der Waals surface area contributed by atoms with Crippen LogP contribution in [-0.4, -0.2) is 11.2 Å². The molecular formula is C11H16N2O3. The van der Waals surface area contributed by atoms with Gasteiger partial charge in [-0.25, -0.2) is 4.79 Å². The third-order valence-electron chi connectivity index (χ3n) is 2.96. The van der Waals surface area contributed by atoms with Crippen molar-refractivity contribution in [2.45, 2.75) is 44.6 Å². The maximum Gasteiger partial charge on any atom is 0.404 e. The molecular weight excluding hydrogens is 208 g/mol. The summed E-state index contributed by atoms with van der Waals surface area (Å²) in [5, 5.41) is 4.01. The number of carbonyl (C=O) groups is 1. The molecule has 5 heteroatoms. The smallest absolute Gasteiger partial charge is 0.404 e. The Hall–Kier alpha value is -1.52. The summed E-state index contributed by atoms with van der Waals surface area (Å²) in [4.78, 5) is 10.4. The third-order valence-corrected chi connectivity index (χ3v) is 2.96. The molecule has 16 heavy (non-hydrogen) atoms. The predicted octanol–water partition coefficient (Wildman–Crippen LogP) is 2.32.